The zero-order valence-electron chi connectivity index (χ0n) is 17.5. The summed E-state index contributed by atoms with van der Waals surface area (Å²) in [4.78, 5) is 1.16. The average Bonchev–Trinajstić information content (AvgIpc) is 2.52. The van der Waals surface area contributed by atoms with Gasteiger partial charge in [-0.25, -0.2) is 0 Å². The van der Waals surface area contributed by atoms with Crippen LogP contribution in [-0.4, -0.2) is 30.9 Å². The lowest BCUT2D eigenvalue weighted by Gasteiger charge is -2.42. The number of rotatable bonds is 9. The Bertz CT molecular complexity index is 602. The van der Waals surface area contributed by atoms with Crippen molar-refractivity contribution in [1.82, 2.24) is 0 Å². The van der Waals surface area contributed by atoms with Gasteiger partial charge in [0.1, 0.15) is 0 Å². The largest absolute Gasteiger partial charge is 0.414 e. The fourth-order valence-electron chi connectivity index (χ4n) is 2.71. The maximum Gasteiger partial charge on any atom is 0.192 e. The van der Waals surface area contributed by atoms with E-state index in [9.17, 15) is 5.11 Å². The van der Waals surface area contributed by atoms with Crippen LogP contribution in [0.3, 0.4) is 0 Å². The molecule has 4 heteroatoms. The van der Waals surface area contributed by atoms with Crippen LogP contribution in [0, 0.1) is 5.92 Å². The Kier molecular flexibility index (Phi) is 7.97. The third kappa shape index (κ3) is 6.12. The Hall–Kier alpha value is -0.813. The van der Waals surface area contributed by atoms with E-state index in [-0.39, 0.29) is 16.2 Å². The fourth-order valence-corrected chi connectivity index (χ4v) is 5.18. The van der Waals surface area contributed by atoms with E-state index in [0.29, 0.717) is 6.61 Å². The quantitative estimate of drug-likeness (QED) is 0.304. The molecule has 0 fully saturated rings. The van der Waals surface area contributed by atoms with Gasteiger partial charge < -0.3 is 9.53 Å². The third-order valence-electron chi connectivity index (χ3n) is 5.31. The van der Waals surface area contributed by atoms with Crippen LogP contribution >= 0.6 is 11.8 Å². The average molecular weight is 393 g/mol. The molecule has 0 amide bonds. The van der Waals surface area contributed by atoms with Gasteiger partial charge in [-0.3, -0.25) is 0 Å². The molecule has 146 valence electrons. The molecule has 0 saturated carbocycles. The minimum Gasteiger partial charge on any atom is -0.414 e. The van der Waals surface area contributed by atoms with Crippen LogP contribution in [0.15, 0.2) is 60.0 Å². The Morgan fingerprint density at radius 2 is 1.77 bits per heavy atom. The van der Waals surface area contributed by atoms with E-state index in [1.807, 2.05) is 38.1 Å². The number of hydrogen-bond donors (Lipinski definition) is 1. The van der Waals surface area contributed by atoms with Crippen molar-refractivity contribution in [2.45, 2.75) is 68.5 Å². The Balaban J connectivity index is 3.01. The fraction of sp³-hybridized carbons (Fsp3) is 0.545. The lowest BCUT2D eigenvalue weighted by molar-refractivity contribution is -0.0280. The van der Waals surface area contributed by atoms with E-state index in [0.717, 1.165) is 10.5 Å². The second-order valence-electron chi connectivity index (χ2n) is 8.86. The molecule has 26 heavy (non-hydrogen) atoms. The highest BCUT2D eigenvalue weighted by Crippen LogP contribution is 2.41. The van der Waals surface area contributed by atoms with Gasteiger partial charge in [-0.15, -0.1) is 18.3 Å². The highest BCUT2D eigenvalue weighted by Gasteiger charge is 2.43. The zero-order chi connectivity index (χ0) is 20.2. The smallest absolute Gasteiger partial charge is 0.192 e. The molecule has 0 aromatic heterocycles. The molecule has 0 bridgehead atoms. The summed E-state index contributed by atoms with van der Waals surface area (Å²) in [5.41, 5.74) is -0.0655. The summed E-state index contributed by atoms with van der Waals surface area (Å²) in [6.07, 6.45) is 1.91. The van der Waals surface area contributed by atoms with Crippen molar-refractivity contribution in [3.63, 3.8) is 0 Å². The summed E-state index contributed by atoms with van der Waals surface area (Å²) in [5, 5.41) is 11.5. The van der Waals surface area contributed by atoms with Crippen LogP contribution in [0.25, 0.3) is 0 Å². The van der Waals surface area contributed by atoms with Crippen molar-refractivity contribution in [1.29, 1.82) is 0 Å². The van der Waals surface area contributed by atoms with E-state index >= 15 is 0 Å². The van der Waals surface area contributed by atoms with E-state index in [4.69, 9.17) is 4.43 Å². The molecule has 1 aromatic carbocycles. The molecule has 0 aliphatic rings. The molecule has 1 aromatic rings. The minimum atomic E-state index is -1.94. The topological polar surface area (TPSA) is 29.5 Å². The first-order chi connectivity index (χ1) is 11.8. The number of thioether (sulfide) groups is 1. The summed E-state index contributed by atoms with van der Waals surface area (Å²) < 4.78 is 6.34. The van der Waals surface area contributed by atoms with Crippen LogP contribution < -0.4 is 0 Å². The first-order valence-electron chi connectivity index (χ1n) is 9.18. The highest BCUT2D eigenvalue weighted by molar-refractivity contribution is 8.00. The third-order valence-corrected chi connectivity index (χ3v) is 11.1. The van der Waals surface area contributed by atoms with Gasteiger partial charge in [0, 0.05) is 16.1 Å². The molecule has 3 atom stereocenters. The van der Waals surface area contributed by atoms with Gasteiger partial charge in [-0.05, 0) is 44.1 Å². The van der Waals surface area contributed by atoms with Crippen molar-refractivity contribution in [3.05, 3.63) is 55.1 Å². The number of benzene rings is 1. The maximum absolute atomic E-state index is 11.3. The standard InChI is InChI=1S/C22H36O2SSi/c1-10-19(25-18-14-12-11-13-15-18)20(17(2)3)22(7,23)16-24-26(8,9)21(4,5)6/h10-15,19-20,23H,1-2,16H2,3-9H3/t19?,20-,22+/m0/s1. The summed E-state index contributed by atoms with van der Waals surface area (Å²) >= 11 is 1.71. The Morgan fingerprint density at radius 1 is 1.23 bits per heavy atom. The Labute approximate surface area is 165 Å². The predicted molar refractivity (Wildman–Crippen MR) is 118 cm³/mol. The number of hydrogen-bond acceptors (Lipinski definition) is 3. The summed E-state index contributed by atoms with van der Waals surface area (Å²) in [7, 11) is -1.94. The van der Waals surface area contributed by atoms with Crippen molar-refractivity contribution in [3.8, 4) is 0 Å². The second-order valence-corrected chi connectivity index (χ2v) is 14.9. The molecule has 0 saturated heterocycles. The predicted octanol–water partition coefficient (Wildman–Crippen LogP) is 6.30. The zero-order valence-corrected chi connectivity index (χ0v) is 19.3. The van der Waals surface area contributed by atoms with Gasteiger partial charge in [-0.1, -0.05) is 57.2 Å². The van der Waals surface area contributed by atoms with Gasteiger partial charge >= 0.3 is 0 Å². The molecule has 0 spiro atoms. The monoisotopic (exact) mass is 392 g/mol. The van der Waals surface area contributed by atoms with Gasteiger partial charge in [0.2, 0.25) is 0 Å². The highest BCUT2D eigenvalue weighted by atomic mass is 32.2. The van der Waals surface area contributed by atoms with Crippen molar-refractivity contribution in [2.75, 3.05) is 6.61 Å². The molecule has 0 aliphatic carbocycles. The van der Waals surface area contributed by atoms with Crippen molar-refractivity contribution < 1.29 is 9.53 Å². The summed E-state index contributed by atoms with van der Waals surface area (Å²) in [6.45, 7) is 23.4. The van der Waals surface area contributed by atoms with Gasteiger partial charge in [0.25, 0.3) is 0 Å². The first-order valence-corrected chi connectivity index (χ1v) is 13.0. The molecule has 1 N–H and O–H groups in total. The molecule has 1 rings (SSSR count). The molecular formula is C22H36O2SSi. The van der Waals surface area contributed by atoms with Crippen molar-refractivity contribution in [2.24, 2.45) is 5.92 Å². The first kappa shape index (κ1) is 23.2. The van der Waals surface area contributed by atoms with Gasteiger partial charge in [0.15, 0.2) is 8.32 Å². The molecule has 1 unspecified atom stereocenters. The van der Waals surface area contributed by atoms with Gasteiger partial charge in [-0.2, -0.15) is 0 Å². The minimum absolute atomic E-state index is 0.0212. The van der Waals surface area contributed by atoms with Crippen molar-refractivity contribution >= 4 is 20.1 Å². The van der Waals surface area contributed by atoms with E-state index in [1.54, 1.807) is 11.8 Å². The molecule has 2 nitrogen and oxygen atoms in total. The molecule has 0 aliphatic heterocycles. The van der Waals surface area contributed by atoms with Crippen LogP contribution in [-0.2, 0) is 4.43 Å². The normalized spacial score (nSPS) is 17.2. The second kappa shape index (κ2) is 8.92. The summed E-state index contributed by atoms with van der Waals surface area (Å²) in [5.74, 6) is -0.144. The lowest BCUT2D eigenvalue weighted by atomic mass is 9.82. The van der Waals surface area contributed by atoms with Crippen LogP contribution in [0.1, 0.15) is 34.6 Å². The Morgan fingerprint density at radius 3 is 2.19 bits per heavy atom. The summed E-state index contributed by atoms with van der Waals surface area (Å²) in [6, 6.07) is 10.2. The van der Waals surface area contributed by atoms with Crippen LogP contribution in [0.2, 0.25) is 18.1 Å². The lowest BCUT2D eigenvalue weighted by Crippen LogP contribution is -2.50. The molecular weight excluding hydrogens is 356 g/mol. The van der Waals surface area contributed by atoms with Gasteiger partial charge in [0.05, 0.1) is 12.2 Å². The maximum atomic E-state index is 11.3. The van der Waals surface area contributed by atoms with E-state index in [2.05, 4.69) is 59.2 Å². The SMILES string of the molecule is C=CC(Sc1ccccc1)[C@H](C(=C)C)[C@](C)(O)CO[Si](C)(C)C(C)(C)C. The van der Waals surface area contributed by atoms with E-state index < -0.39 is 13.9 Å². The number of aliphatic hydroxyl groups is 1. The molecule has 0 radical (unpaired) electrons. The van der Waals surface area contributed by atoms with Crippen LogP contribution in [0.4, 0.5) is 0 Å². The molecule has 0 heterocycles. The van der Waals surface area contributed by atoms with E-state index in [1.165, 1.54) is 0 Å². The van der Waals surface area contributed by atoms with Crippen LogP contribution in [0.5, 0.6) is 0 Å².